The van der Waals surface area contributed by atoms with Crippen LogP contribution in [0.4, 0.5) is 0 Å². The number of sulfonamides is 1. The van der Waals surface area contributed by atoms with Gasteiger partial charge in [0.25, 0.3) is 10.0 Å². The molecule has 0 saturated carbocycles. The number of benzene rings is 2. The third-order valence-corrected chi connectivity index (χ3v) is 6.67. The van der Waals surface area contributed by atoms with Crippen molar-refractivity contribution in [3.05, 3.63) is 77.7 Å². The third-order valence-electron chi connectivity index (χ3n) is 5.32. The highest BCUT2D eigenvalue weighted by molar-refractivity contribution is 7.89. The lowest BCUT2D eigenvalue weighted by molar-refractivity contribution is 0.266. The molecule has 0 aliphatic carbocycles. The molecule has 0 saturated heterocycles. The van der Waals surface area contributed by atoms with Gasteiger partial charge in [0.15, 0.2) is 5.03 Å². The first-order valence-corrected chi connectivity index (χ1v) is 11.4. The Morgan fingerprint density at radius 2 is 1.97 bits per heavy atom. The van der Waals surface area contributed by atoms with Crippen molar-refractivity contribution in [3.8, 4) is 5.75 Å². The van der Waals surface area contributed by atoms with Gasteiger partial charge < -0.3 is 9.30 Å². The summed E-state index contributed by atoms with van der Waals surface area (Å²) in [5, 5.41) is 0.00863. The van der Waals surface area contributed by atoms with Gasteiger partial charge in [0.2, 0.25) is 0 Å². The Labute approximate surface area is 177 Å². The van der Waals surface area contributed by atoms with Crippen LogP contribution in [0.1, 0.15) is 22.7 Å². The van der Waals surface area contributed by atoms with Gasteiger partial charge in [0.05, 0.1) is 6.33 Å². The summed E-state index contributed by atoms with van der Waals surface area (Å²) >= 11 is 0. The molecule has 4 rings (SSSR count). The molecule has 1 N–H and O–H groups in total. The van der Waals surface area contributed by atoms with Crippen LogP contribution in [0.2, 0.25) is 0 Å². The molecule has 1 aromatic heterocycles. The van der Waals surface area contributed by atoms with E-state index in [-0.39, 0.29) is 18.2 Å². The molecule has 1 atom stereocenters. The van der Waals surface area contributed by atoms with E-state index < -0.39 is 10.0 Å². The number of fused-ring (bicyclic) bond motifs is 1. The number of ether oxygens (including phenoxy) is 1. The lowest BCUT2D eigenvalue weighted by Crippen LogP contribution is -2.28. The van der Waals surface area contributed by atoms with Crippen LogP contribution in [0.5, 0.6) is 5.75 Å². The van der Waals surface area contributed by atoms with Gasteiger partial charge in [-0.05, 0) is 42.3 Å². The largest absolute Gasteiger partial charge is 0.492 e. The summed E-state index contributed by atoms with van der Waals surface area (Å²) in [7, 11) is 0.244. The Bertz CT molecular complexity index is 1110. The fourth-order valence-corrected chi connectivity index (χ4v) is 4.77. The van der Waals surface area contributed by atoms with Crippen LogP contribution >= 0.6 is 0 Å². The number of hydrogen-bond acceptors (Lipinski definition) is 5. The standard InChI is InChI=1S/C22H26N4O3S/c1-25-15-22(23-16-25)30(27,28)24-10-11-29-19-9-8-18-14-26(2)21(20(18)13-19)12-17-6-4-3-5-7-17/h3-9,13,15-16,21,24H,10-12,14H2,1-2H3. The minimum atomic E-state index is -3.62. The molecule has 30 heavy (non-hydrogen) atoms. The summed E-state index contributed by atoms with van der Waals surface area (Å²) < 4.78 is 34.4. The van der Waals surface area contributed by atoms with Crippen molar-refractivity contribution in [1.29, 1.82) is 0 Å². The molecule has 8 heteroatoms. The first-order chi connectivity index (χ1) is 14.4. The highest BCUT2D eigenvalue weighted by Crippen LogP contribution is 2.36. The maximum Gasteiger partial charge on any atom is 0.259 e. The van der Waals surface area contributed by atoms with Crippen LogP contribution in [0.25, 0.3) is 0 Å². The number of aryl methyl sites for hydroxylation is 1. The molecule has 0 bridgehead atoms. The molecule has 0 fully saturated rings. The minimum absolute atomic E-state index is 0.00863. The van der Waals surface area contributed by atoms with Crippen molar-refractivity contribution in [1.82, 2.24) is 19.2 Å². The number of rotatable bonds is 8. The van der Waals surface area contributed by atoms with Gasteiger partial charge in [-0.15, -0.1) is 0 Å². The Hall–Kier alpha value is -2.68. The minimum Gasteiger partial charge on any atom is -0.492 e. The Morgan fingerprint density at radius 3 is 2.70 bits per heavy atom. The van der Waals surface area contributed by atoms with Gasteiger partial charge in [-0.25, -0.2) is 18.1 Å². The van der Waals surface area contributed by atoms with E-state index in [1.165, 1.54) is 29.2 Å². The average Bonchev–Trinajstić information content (AvgIpc) is 3.30. The van der Waals surface area contributed by atoms with Crippen molar-refractivity contribution in [2.45, 2.75) is 24.0 Å². The van der Waals surface area contributed by atoms with Crippen LogP contribution in [-0.2, 0) is 30.0 Å². The molecular formula is C22H26N4O3S. The lowest BCUT2D eigenvalue weighted by Gasteiger charge is -2.20. The smallest absolute Gasteiger partial charge is 0.259 e. The Morgan fingerprint density at radius 1 is 1.17 bits per heavy atom. The molecule has 1 aliphatic heterocycles. The third kappa shape index (κ3) is 4.56. The van der Waals surface area contributed by atoms with Crippen molar-refractivity contribution in [2.24, 2.45) is 7.05 Å². The summed E-state index contributed by atoms with van der Waals surface area (Å²) in [6.07, 6.45) is 3.86. The summed E-state index contributed by atoms with van der Waals surface area (Å²) in [4.78, 5) is 6.23. The molecule has 1 aliphatic rings. The van der Waals surface area contributed by atoms with Gasteiger partial charge in [0.1, 0.15) is 12.4 Å². The van der Waals surface area contributed by atoms with Crippen molar-refractivity contribution >= 4 is 10.0 Å². The van der Waals surface area contributed by atoms with E-state index in [9.17, 15) is 8.42 Å². The molecule has 0 radical (unpaired) electrons. The molecule has 3 aromatic rings. The van der Waals surface area contributed by atoms with E-state index in [0.717, 1.165) is 18.7 Å². The van der Waals surface area contributed by atoms with Crippen LogP contribution in [-0.4, -0.2) is 43.1 Å². The second-order valence-corrected chi connectivity index (χ2v) is 9.32. The molecule has 2 heterocycles. The summed E-state index contributed by atoms with van der Waals surface area (Å²) in [6, 6.07) is 16.9. The quantitative estimate of drug-likeness (QED) is 0.560. The second-order valence-electron chi connectivity index (χ2n) is 7.60. The molecule has 0 spiro atoms. The first kappa shape index (κ1) is 20.6. The van der Waals surface area contributed by atoms with Crippen LogP contribution in [0.15, 0.2) is 66.1 Å². The molecule has 1 unspecified atom stereocenters. The Balaban J connectivity index is 1.37. The van der Waals surface area contributed by atoms with Gasteiger partial charge in [0, 0.05) is 32.4 Å². The summed E-state index contributed by atoms with van der Waals surface area (Å²) in [5.74, 6) is 0.749. The van der Waals surface area contributed by atoms with E-state index in [2.05, 4.69) is 58.1 Å². The highest BCUT2D eigenvalue weighted by atomic mass is 32.2. The normalized spacial score (nSPS) is 16.5. The van der Waals surface area contributed by atoms with E-state index in [4.69, 9.17) is 4.74 Å². The predicted molar refractivity (Wildman–Crippen MR) is 115 cm³/mol. The van der Waals surface area contributed by atoms with Gasteiger partial charge in [-0.1, -0.05) is 36.4 Å². The van der Waals surface area contributed by atoms with Gasteiger partial charge in [-0.3, -0.25) is 4.90 Å². The van der Waals surface area contributed by atoms with E-state index in [0.29, 0.717) is 6.04 Å². The molecule has 2 aromatic carbocycles. The lowest BCUT2D eigenvalue weighted by atomic mass is 9.98. The SMILES string of the molecule is CN1Cc2ccc(OCCNS(=O)(=O)c3cn(C)cn3)cc2C1Cc1ccccc1. The maximum absolute atomic E-state index is 12.2. The van der Waals surface area contributed by atoms with Gasteiger partial charge in [-0.2, -0.15) is 0 Å². The number of aromatic nitrogens is 2. The number of nitrogens with one attached hydrogen (secondary N) is 1. The number of likely N-dealkylation sites (N-methyl/N-ethyl adjacent to an activating group) is 1. The van der Waals surface area contributed by atoms with Gasteiger partial charge >= 0.3 is 0 Å². The van der Waals surface area contributed by atoms with E-state index >= 15 is 0 Å². The fourth-order valence-electron chi connectivity index (χ4n) is 3.78. The van der Waals surface area contributed by atoms with Crippen LogP contribution in [0, 0.1) is 0 Å². The zero-order valence-corrected chi connectivity index (χ0v) is 18.0. The zero-order valence-electron chi connectivity index (χ0n) is 17.2. The zero-order chi connectivity index (χ0) is 21.1. The predicted octanol–water partition coefficient (Wildman–Crippen LogP) is 2.51. The Kier molecular flexibility index (Phi) is 5.90. The van der Waals surface area contributed by atoms with Crippen molar-refractivity contribution in [2.75, 3.05) is 20.2 Å². The molecule has 0 amide bonds. The monoisotopic (exact) mass is 426 g/mol. The van der Waals surface area contributed by atoms with E-state index in [1.807, 2.05) is 12.1 Å². The summed E-state index contributed by atoms with van der Waals surface area (Å²) in [6.45, 7) is 1.32. The topological polar surface area (TPSA) is 76.5 Å². The molecule has 158 valence electrons. The number of hydrogen-bond donors (Lipinski definition) is 1. The van der Waals surface area contributed by atoms with Crippen LogP contribution in [0.3, 0.4) is 0 Å². The molecular weight excluding hydrogens is 400 g/mol. The highest BCUT2D eigenvalue weighted by Gasteiger charge is 2.28. The first-order valence-electron chi connectivity index (χ1n) is 9.90. The van der Waals surface area contributed by atoms with Crippen LogP contribution < -0.4 is 9.46 Å². The fraction of sp³-hybridized carbons (Fsp3) is 0.318. The average molecular weight is 427 g/mol. The molecule has 7 nitrogen and oxygen atoms in total. The van der Waals surface area contributed by atoms with E-state index in [1.54, 1.807) is 11.6 Å². The summed E-state index contributed by atoms with van der Waals surface area (Å²) in [5.41, 5.74) is 3.88. The van der Waals surface area contributed by atoms with Crippen molar-refractivity contribution in [3.63, 3.8) is 0 Å². The maximum atomic E-state index is 12.2. The van der Waals surface area contributed by atoms with Crippen molar-refractivity contribution < 1.29 is 13.2 Å². The second kappa shape index (κ2) is 8.59. The number of nitrogens with zero attached hydrogens (tertiary/aromatic N) is 3. The number of imidazole rings is 1.